The number of aryl methyl sites for hydroxylation is 1. The summed E-state index contributed by atoms with van der Waals surface area (Å²) in [6.07, 6.45) is 16.4. The van der Waals surface area contributed by atoms with Crippen molar-refractivity contribution in [2.24, 2.45) is 5.10 Å². The Balaban J connectivity index is 0.000000504. The fourth-order valence-corrected chi connectivity index (χ4v) is 3.34. The number of aromatic nitrogens is 3. The van der Waals surface area contributed by atoms with Crippen LogP contribution < -0.4 is 10.3 Å². The first kappa shape index (κ1) is 32.4. The van der Waals surface area contributed by atoms with E-state index in [2.05, 4.69) is 76.8 Å². The minimum absolute atomic E-state index is 0.709. The molecule has 6 heteroatoms. The van der Waals surface area contributed by atoms with Crippen LogP contribution in [0, 0.1) is 6.92 Å². The molecular formula is C32H48N6. The van der Waals surface area contributed by atoms with Crippen LogP contribution in [0.15, 0.2) is 78.1 Å². The number of hydrogen-bond donors (Lipinski definition) is 2. The van der Waals surface area contributed by atoms with E-state index in [1.165, 1.54) is 18.4 Å². The fourth-order valence-electron chi connectivity index (χ4n) is 3.34. The summed E-state index contributed by atoms with van der Waals surface area (Å²) >= 11 is 0. The van der Waals surface area contributed by atoms with Crippen molar-refractivity contribution < 1.29 is 0 Å². The van der Waals surface area contributed by atoms with Gasteiger partial charge in [-0.15, -0.1) is 0 Å². The van der Waals surface area contributed by atoms with E-state index in [9.17, 15) is 0 Å². The van der Waals surface area contributed by atoms with Crippen LogP contribution in [0.5, 0.6) is 0 Å². The summed E-state index contributed by atoms with van der Waals surface area (Å²) in [5.74, 6) is 2.40. The summed E-state index contributed by atoms with van der Waals surface area (Å²) in [5.41, 5.74) is 6.38. The van der Waals surface area contributed by atoms with Crippen molar-refractivity contribution >= 4 is 28.8 Å². The van der Waals surface area contributed by atoms with E-state index < -0.39 is 0 Å². The molecule has 2 aromatic heterocycles. The lowest BCUT2D eigenvalue weighted by Crippen LogP contribution is -2.26. The largest absolute Gasteiger partial charge is 0.361 e. The number of aromatic amines is 1. The Kier molecular flexibility index (Phi) is 16.6. The number of hydrazone groups is 1. The molecule has 3 rings (SSSR count). The number of unbranched alkanes of at least 4 members (excludes halogenated alkanes) is 1. The number of rotatable bonds is 11. The zero-order chi connectivity index (χ0) is 28.2. The Morgan fingerprint density at radius 3 is 2.34 bits per heavy atom. The summed E-state index contributed by atoms with van der Waals surface area (Å²) in [4.78, 5) is 14.6. The third kappa shape index (κ3) is 12.0. The standard InChI is InChI=1S/C20H26N6.C8H12.C4H10/c1-4-10-26(11-5-2)20-12-19(23-15(3)24-20)25-22-14-16-13-21-18-9-7-6-8-17(16)18;1-4-6-7-8(3)5-2;1-3-4-2/h6-9,12-14,21H,4-5,10-11H2,1-3H3,(H,23,24,25);4-7H,2H2,1,3H3;3-4H2,1-2H3/b22-14+;6-4-,8-7-;. The normalized spacial score (nSPS) is 11.2. The zero-order valence-electron chi connectivity index (χ0n) is 24.6. The van der Waals surface area contributed by atoms with Crippen LogP contribution in [0.4, 0.5) is 11.6 Å². The maximum Gasteiger partial charge on any atom is 0.152 e. The van der Waals surface area contributed by atoms with Crippen molar-refractivity contribution in [1.29, 1.82) is 0 Å². The van der Waals surface area contributed by atoms with Gasteiger partial charge in [0.2, 0.25) is 0 Å². The third-order valence-electron chi connectivity index (χ3n) is 5.51. The summed E-state index contributed by atoms with van der Waals surface area (Å²) in [5, 5.41) is 5.51. The monoisotopic (exact) mass is 516 g/mol. The molecule has 2 N–H and O–H groups in total. The molecule has 0 amide bonds. The molecule has 6 nitrogen and oxygen atoms in total. The van der Waals surface area contributed by atoms with E-state index >= 15 is 0 Å². The molecule has 0 saturated heterocycles. The number of nitrogens with zero attached hydrogens (tertiary/aromatic N) is 4. The SMILES string of the molecule is C=C/C(C)=C\C=C/C.CCCC.CCCN(CCC)c1cc(N/N=C/c2c[nH]c3ccccc23)nc(C)n1. The lowest BCUT2D eigenvalue weighted by Gasteiger charge is -2.23. The highest BCUT2D eigenvalue weighted by atomic mass is 15.3. The van der Waals surface area contributed by atoms with Crippen LogP contribution in [0.1, 0.15) is 78.6 Å². The van der Waals surface area contributed by atoms with Crippen molar-refractivity contribution in [3.05, 3.63) is 84.4 Å². The van der Waals surface area contributed by atoms with Crippen LogP contribution in [0.3, 0.4) is 0 Å². The number of anilines is 2. The number of H-pyrrole nitrogens is 1. The maximum absolute atomic E-state index is 4.59. The molecular weight excluding hydrogens is 468 g/mol. The lowest BCUT2D eigenvalue weighted by molar-refractivity contribution is 0.730. The molecule has 1 aromatic carbocycles. The molecule has 0 radical (unpaired) electrons. The molecule has 206 valence electrons. The lowest BCUT2D eigenvalue weighted by atomic mass is 10.2. The molecule has 0 saturated carbocycles. The van der Waals surface area contributed by atoms with Gasteiger partial charge in [-0.3, -0.25) is 5.43 Å². The van der Waals surface area contributed by atoms with Crippen LogP contribution in [-0.2, 0) is 0 Å². The maximum atomic E-state index is 4.59. The number of fused-ring (bicyclic) bond motifs is 1. The molecule has 0 bridgehead atoms. The van der Waals surface area contributed by atoms with Gasteiger partial charge < -0.3 is 9.88 Å². The summed E-state index contributed by atoms with van der Waals surface area (Å²) < 4.78 is 0. The van der Waals surface area contributed by atoms with Crippen LogP contribution in [0.2, 0.25) is 0 Å². The molecule has 2 heterocycles. The highest BCUT2D eigenvalue weighted by Crippen LogP contribution is 2.18. The molecule has 0 spiro atoms. The van der Waals surface area contributed by atoms with Crippen molar-refractivity contribution in [2.75, 3.05) is 23.4 Å². The number of nitrogens with one attached hydrogen (secondary N) is 2. The highest BCUT2D eigenvalue weighted by Gasteiger charge is 2.09. The Morgan fingerprint density at radius 1 is 1.05 bits per heavy atom. The first-order chi connectivity index (χ1) is 18.4. The van der Waals surface area contributed by atoms with Crippen LogP contribution in [-0.4, -0.2) is 34.3 Å². The minimum atomic E-state index is 0.709. The number of para-hydroxylation sites is 1. The van der Waals surface area contributed by atoms with Gasteiger partial charge in [-0.1, -0.05) is 95.2 Å². The van der Waals surface area contributed by atoms with Crippen molar-refractivity contribution in [2.45, 2.75) is 74.1 Å². The van der Waals surface area contributed by atoms with Crippen molar-refractivity contribution in [1.82, 2.24) is 15.0 Å². The molecule has 0 atom stereocenters. The van der Waals surface area contributed by atoms with Crippen molar-refractivity contribution in [3.63, 3.8) is 0 Å². The van der Waals surface area contributed by atoms with Gasteiger partial charge in [0.25, 0.3) is 0 Å². The summed E-state index contributed by atoms with van der Waals surface area (Å²) in [6, 6.07) is 10.1. The second-order valence-electron chi connectivity index (χ2n) is 8.95. The molecule has 0 aliphatic carbocycles. The number of hydrogen-bond acceptors (Lipinski definition) is 5. The summed E-state index contributed by atoms with van der Waals surface area (Å²) in [6.45, 7) is 20.2. The van der Waals surface area contributed by atoms with E-state index in [4.69, 9.17) is 0 Å². The first-order valence-corrected chi connectivity index (χ1v) is 13.8. The average molecular weight is 517 g/mol. The van der Waals surface area contributed by atoms with Gasteiger partial charge in [-0.05, 0) is 39.7 Å². The Morgan fingerprint density at radius 2 is 1.74 bits per heavy atom. The summed E-state index contributed by atoms with van der Waals surface area (Å²) in [7, 11) is 0. The van der Waals surface area contributed by atoms with Crippen LogP contribution >= 0.6 is 0 Å². The molecule has 38 heavy (non-hydrogen) atoms. The predicted octanol–water partition coefficient (Wildman–Crippen LogP) is 8.84. The Hall–Kier alpha value is -3.67. The molecule has 3 aromatic rings. The van der Waals surface area contributed by atoms with Gasteiger partial charge in [0.1, 0.15) is 11.6 Å². The second kappa shape index (κ2) is 19.4. The van der Waals surface area contributed by atoms with Gasteiger partial charge in [-0.2, -0.15) is 5.10 Å². The number of allylic oxidation sites excluding steroid dienone is 5. The topological polar surface area (TPSA) is 69.2 Å². The second-order valence-corrected chi connectivity index (χ2v) is 8.95. The zero-order valence-corrected chi connectivity index (χ0v) is 24.6. The van der Waals surface area contributed by atoms with Gasteiger partial charge in [0, 0.05) is 41.8 Å². The number of benzene rings is 1. The quantitative estimate of drug-likeness (QED) is 0.152. The third-order valence-corrected chi connectivity index (χ3v) is 5.51. The van der Waals surface area contributed by atoms with Gasteiger partial charge in [-0.25, -0.2) is 9.97 Å². The average Bonchev–Trinajstić information content (AvgIpc) is 3.35. The van der Waals surface area contributed by atoms with E-state index in [1.54, 1.807) is 0 Å². The van der Waals surface area contributed by atoms with Crippen LogP contribution in [0.25, 0.3) is 10.9 Å². The molecule has 0 aliphatic heterocycles. The van der Waals surface area contributed by atoms with Gasteiger partial charge in [0.15, 0.2) is 5.82 Å². The highest BCUT2D eigenvalue weighted by molar-refractivity contribution is 5.99. The molecule has 0 unspecified atom stereocenters. The fraction of sp³-hybridized carbons (Fsp3) is 0.406. The van der Waals surface area contributed by atoms with Gasteiger partial charge in [0.05, 0.1) is 6.21 Å². The Labute approximate surface area is 230 Å². The smallest absolute Gasteiger partial charge is 0.152 e. The van der Waals surface area contributed by atoms with E-state index in [-0.39, 0.29) is 0 Å². The predicted molar refractivity (Wildman–Crippen MR) is 168 cm³/mol. The molecule has 0 aliphatic rings. The first-order valence-electron chi connectivity index (χ1n) is 13.8. The molecule has 0 fully saturated rings. The minimum Gasteiger partial charge on any atom is -0.361 e. The van der Waals surface area contributed by atoms with Gasteiger partial charge >= 0.3 is 0 Å². The van der Waals surface area contributed by atoms with E-state index in [0.29, 0.717) is 5.82 Å². The Bertz CT molecular complexity index is 1150. The van der Waals surface area contributed by atoms with E-state index in [1.807, 2.05) is 75.7 Å². The van der Waals surface area contributed by atoms with Crippen molar-refractivity contribution in [3.8, 4) is 0 Å². The van der Waals surface area contributed by atoms with E-state index in [0.717, 1.165) is 54.0 Å².